The van der Waals surface area contributed by atoms with Gasteiger partial charge in [0.15, 0.2) is 0 Å². The molecule has 0 atom stereocenters. The standard InChI is InChI=1S/C11H14O2S/c1-9-4-3-5-10(8-9)11(12)13-6-7-14-2/h3-5,8H,6-7H2,1-2H3. The molecule has 0 saturated carbocycles. The quantitative estimate of drug-likeness (QED) is 0.564. The molecule has 0 spiro atoms. The largest absolute Gasteiger partial charge is 0.461 e. The summed E-state index contributed by atoms with van der Waals surface area (Å²) in [5.41, 5.74) is 1.70. The van der Waals surface area contributed by atoms with E-state index in [2.05, 4.69) is 0 Å². The van der Waals surface area contributed by atoms with Crippen LogP contribution in [0.25, 0.3) is 0 Å². The predicted octanol–water partition coefficient (Wildman–Crippen LogP) is 2.51. The average Bonchev–Trinajstić information content (AvgIpc) is 2.18. The van der Waals surface area contributed by atoms with E-state index in [1.54, 1.807) is 17.8 Å². The van der Waals surface area contributed by atoms with E-state index in [4.69, 9.17) is 4.74 Å². The van der Waals surface area contributed by atoms with Gasteiger partial charge in [0, 0.05) is 5.75 Å². The molecule has 1 rings (SSSR count). The third-order valence-corrected chi connectivity index (χ3v) is 2.35. The van der Waals surface area contributed by atoms with Crippen molar-refractivity contribution in [2.45, 2.75) is 6.92 Å². The Morgan fingerprint density at radius 3 is 2.93 bits per heavy atom. The highest BCUT2D eigenvalue weighted by atomic mass is 32.2. The molecule has 76 valence electrons. The Bertz CT molecular complexity index is 310. The zero-order valence-corrected chi connectivity index (χ0v) is 9.26. The number of rotatable bonds is 4. The molecule has 0 bridgehead atoms. The maximum absolute atomic E-state index is 11.4. The number of carbonyl (C=O) groups is 1. The smallest absolute Gasteiger partial charge is 0.338 e. The van der Waals surface area contributed by atoms with E-state index in [1.807, 2.05) is 31.4 Å². The first-order chi connectivity index (χ1) is 6.74. The fraction of sp³-hybridized carbons (Fsp3) is 0.364. The minimum atomic E-state index is -0.234. The Morgan fingerprint density at radius 1 is 1.50 bits per heavy atom. The van der Waals surface area contributed by atoms with Crippen molar-refractivity contribution in [3.05, 3.63) is 35.4 Å². The number of ether oxygens (including phenoxy) is 1. The highest BCUT2D eigenvalue weighted by molar-refractivity contribution is 7.98. The lowest BCUT2D eigenvalue weighted by Crippen LogP contribution is -2.07. The van der Waals surface area contributed by atoms with Crippen LogP contribution in [0.5, 0.6) is 0 Å². The van der Waals surface area contributed by atoms with Gasteiger partial charge in [-0.1, -0.05) is 17.7 Å². The molecule has 3 heteroatoms. The first-order valence-electron chi connectivity index (χ1n) is 4.47. The maximum Gasteiger partial charge on any atom is 0.338 e. The summed E-state index contributed by atoms with van der Waals surface area (Å²) in [6.07, 6.45) is 1.99. The zero-order valence-electron chi connectivity index (χ0n) is 8.45. The monoisotopic (exact) mass is 210 g/mol. The highest BCUT2D eigenvalue weighted by Gasteiger charge is 2.05. The number of hydrogen-bond acceptors (Lipinski definition) is 3. The molecular weight excluding hydrogens is 196 g/mol. The fourth-order valence-corrected chi connectivity index (χ4v) is 1.32. The molecule has 0 fully saturated rings. The van der Waals surface area contributed by atoms with Crippen molar-refractivity contribution < 1.29 is 9.53 Å². The Labute approximate surface area is 88.7 Å². The lowest BCUT2D eigenvalue weighted by Gasteiger charge is -2.03. The molecule has 0 aliphatic rings. The molecule has 0 aliphatic heterocycles. The van der Waals surface area contributed by atoms with E-state index in [0.29, 0.717) is 12.2 Å². The molecule has 1 aromatic rings. The van der Waals surface area contributed by atoms with Crippen LogP contribution in [0.3, 0.4) is 0 Å². The van der Waals surface area contributed by atoms with Gasteiger partial charge >= 0.3 is 5.97 Å². The van der Waals surface area contributed by atoms with Crippen molar-refractivity contribution in [3.8, 4) is 0 Å². The van der Waals surface area contributed by atoms with Crippen LogP contribution in [0.2, 0.25) is 0 Å². The molecule has 0 saturated heterocycles. The Morgan fingerprint density at radius 2 is 2.29 bits per heavy atom. The lowest BCUT2D eigenvalue weighted by atomic mass is 10.1. The maximum atomic E-state index is 11.4. The van der Waals surface area contributed by atoms with E-state index in [0.717, 1.165) is 11.3 Å². The van der Waals surface area contributed by atoms with Gasteiger partial charge in [0.1, 0.15) is 6.61 Å². The van der Waals surface area contributed by atoms with Crippen molar-refractivity contribution in [2.75, 3.05) is 18.6 Å². The van der Waals surface area contributed by atoms with Gasteiger partial charge in [-0.05, 0) is 25.3 Å². The minimum absolute atomic E-state index is 0.234. The first kappa shape index (κ1) is 11.1. The van der Waals surface area contributed by atoms with Crippen molar-refractivity contribution >= 4 is 17.7 Å². The molecule has 0 aliphatic carbocycles. The molecule has 14 heavy (non-hydrogen) atoms. The van der Waals surface area contributed by atoms with Crippen LogP contribution in [0.4, 0.5) is 0 Å². The van der Waals surface area contributed by atoms with E-state index < -0.39 is 0 Å². The second kappa shape index (κ2) is 5.70. The van der Waals surface area contributed by atoms with Gasteiger partial charge in [-0.3, -0.25) is 0 Å². The normalized spacial score (nSPS) is 9.86. The zero-order chi connectivity index (χ0) is 10.4. The van der Waals surface area contributed by atoms with Gasteiger partial charge in [-0.15, -0.1) is 0 Å². The summed E-state index contributed by atoms with van der Waals surface area (Å²) in [6.45, 7) is 2.44. The van der Waals surface area contributed by atoms with Gasteiger partial charge in [-0.25, -0.2) is 4.79 Å². The molecule has 0 aromatic heterocycles. The van der Waals surface area contributed by atoms with E-state index >= 15 is 0 Å². The van der Waals surface area contributed by atoms with Gasteiger partial charge in [0.25, 0.3) is 0 Å². The number of aryl methyl sites for hydroxylation is 1. The Kier molecular flexibility index (Phi) is 4.53. The number of thioether (sulfide) groups is 1. The molecule has 2 nitrogen and oxygen atoms in total. The molecule has 0 unspecified atom stereocenters. The van der Waals surface area contributed by atoms with Gasteiger partial charge < -0.3 is 4.74 Å². The average molecular weight is 210 g/mol. The number of esters is 1. The predicted molar refractivity (Wildman–Crippen MR) is 59.8 cm³/mol. The minimum Gasteiger partial charge on any atom is -0.461 e. The number of benzene rings is 1. The SMILES string of the molecule is CSCCOC(=O)c1cccc(C)c1. The first-order valence-corrected chi connectivity index (χ1v) is 5.86. The Hall–Kier alpha value is -0.960. The van der Waals surface area contributed by atoms with Gasteiger partial charge in [0.05, 0.1) is 5.56 Å². The summed E-state index contributed by atoms with van der Waals surface area (Å²) >= 11 is 1.66. The van der Waals surface area contributed by atoms with Crippen LogP contribution in [-0.4, -0.2) is 24.6 Å². The van der Waals surface area contributed by atoms with Crippen LogP contribution in [-0.2, 0) is 4.74 Å². The van der Waals surface area contributed by atoms with Gasteiger partial charge in [0.2, 0.25) is 0 Å². The van der Waals surface area contributed by atoms with E-state index in [-0.39, 0.29) is 5.97 Å². The van der Waals surface area contributed by atoms with Crippen molar-refractivity contribution in [1.29, 1.82) is 0 Å². The van der Waals surface area contributed by atoms with Crippen LogP contribution in [0.15, 0.2) is 24.3 Å². The number of carbonyl (C=O) groups excluding carboxylic acids is 1. The van der Waals surface area contributed by atoms with Crippen molar-refractivity contribution in [3.63, 3.8) is 0 Å². The summed E-state index contributed by atoms with van der Waals surface area (Å²) in [7, 11) is 0. The summed E-state index contributed by atoms with van der Waals surface area (Å²) in [4.78, 5) is 11.4. The second-order valence-electron chi connectivity index (χ2n) is 3.00. The van der Waals surface area contributed by atoms with Crippen LogP contribution in [0, 0.1) is 6.92 Å². The summed E-state index contributed by atoms with van der Waals surface area (Å²) in [6, 6.07) is 7.43. The van der Waals surface area contributed by atoms with Crippen molar-refractivity contribution in [1.82, 2.24) is 0 Å². The number of hydrogen-bond donors (Lipinski definition) is 0. The van der Waals surface area contributed by atoms with Crippen LogP contribution in [0.1, 0.15) is 15.9 Å². The van der Waals surface area contributed by atoms with Gasteiger partial charge in [-0.2, -0.15) is 11.8 Å². The molecule has 0 amide bonds. The summed E-state index contributed by atoms with van der Waals surface area (Å²) in [5.74, 6) is 0.611. The molecule has 0 N–H and O–H groups in total. The van der Waals surface area contributed by atoms with Crippen LogP contribution >= 0.6 is 11.8 Å². The van der Waals surface area contributed by atoms with Crippen molar-refractivity contribution in [2.24, 2.45) is 0 Å². The third-order valence-electron chi connectivity index (χ3n) is 1.77. The third kappa shape index (κ3) is 3.42. The fourth-order valence-electron chi connectivity index (χ4n) is 1.07. The molecule has 0 heterocycles. The topological polar surface area (TPSA) is 26.3 Å². The van der Waals surface area contributed by atoms with Crippen LogP contribution < -0.4 is 0 Å². The summed E-state index contributed by atoms with van der Waals surface area (Å²) in [5, 5.41) is 0. The Balaban J connectivity index is 2.52. The van der Waals surface area contributed by atoms with E-state index in [1.165, 1.54) is 0 Å². The molecule has 1 aromatic carbocycles. The molecule has 0 radical (unpaired) electrons. The summed E-state index contributed by atoms with van der Waals surface area (Å²) < 4.78 is 5.06. The highest BCUT2D eigenvalue weighted by Crippen LogP contribution is 2.05. The van der Waals surface area contributed by atoms with E-state index in [9.17, 15) is 4.79 Å². The lowest BCUT2D eigenvalue weighted by molar-refractivity contribution is 0.0530. The second-order valence-corrected chi connectivity index (χ2v) is 3.98. The molecular formula is C11H14O2S.